The molecule has 0 saturated carbocycles. The van der Waals surface area contributed by atoms with E-state index < -0.39 is 12.7 Å². The summed E-state index contributed by atoms with van der Waals surface area (Å²) in [5, 5.41) is 2.05. The lowest BCUT2D eigenvalue weighted by Crippen LogP contribution is -2.31. The van der Waals surface area contributed by atoms with Gasteiger partial charge in [-0.25, -0.2) is 9.55 Å². The fraction of sp³-hybridized carbons (Fsp3) is 0.214. The predicted molar refractivity (Wildman–Crippen MR) is 127 cm³/mol. The number of hydrogen-bond donors (Lipinski definition) is 0. The Morgan fingerprint density at radius 1 is 1.03 bits per heavy atom. The zero-order chi connectivity index (χ0) is 25.0. The maximum absolute atomic E-state index is 8.20. The highest BCUT2D eigenvalue weighted by molar-refractivity contribution is 6.08. The van der Waals surface area contributed by atoms with E-state index in [4.69, 9.17) is 9.90 Å². The molecule has 3 heterocycles. The molecule has 0 amide bonds. The summed E-state index contributed by atoms with van der Waals surface area (Å²) in [6.45, 7) is 1.22. The summed E-state index contributed by atoms with van der Waals surface area (Å²) in [4.78, 5) is 4.39. The SMILES string of the molecule is [2H]C([2H])([2H])C([2H])(C)Cc1ccc(-c2ccc(-c3c(C)ccc4c3oc3ncccc34)[n+](C)c2)cc1. The number of benzene rings is 2. The summed E-state index contributed by atoms with van der Waals surface area (Å²) in [5.41, 5.74) is 7.58. The summed E-state index contributed by atoms with van der Waals surface area (Å²) in [6.07, 6.45) is 4.00. The molecule has 1 atom stereocenters. The van der Waals surface area contributed by atoms with E-state index in [2.05, 4.69) is 46.9 Å². The first-order valence-corrected chi connectivity index (χ1v) is 10.4. The van der Waals surface area contributed by atoms with Crippen LogP contribution in [-0.4, -0.2) is 4.98 Å². The van der Waals surface area contributed by atoms with Crippen LogP contribution in [0.5, 0.6) is 0 Å². The molecule has 3 nitrogen and oxygen atoms in total. The van der Waals surface area contributed by atoms with Crippen molar-refractivity contribution in [1.29, 1.82) is 0 Å². The molecule has 0 radical (unpaired) electrons. The number of rotatable bonds is 4. The van der Waals surface area contributed by atoms with Crippen LogP contribution in [0.4, 0.5) is 0 Å². The average molecular weight is 412 g/mol. The second-order valence-corrected chi connectivity index (χ2v) is 8.16. The van der Waals surface area contributed by atoms with Crippen LogP contribution in [0.15, 0.2) is 77.5 Å². The maximum Gasteiger partial charge on any atom is 0.227 e. The Bertz CT molecular complexity index is 1550. The summed E-state index contributed by atoms with van der Waals surface area (Å²) in [5.74, 6) is -1.52. The minimum Gasteiger partial charge on any atom is -0.437 e. The molecular formula is C28H27N2O+. The largest absolute Gasteiger partial charge is 0.437 e. The van der Waals surface area contributed by atoms with Crippen molar-refractivity contribution in [3.63, 3.8) is 0 Å². The van der Waals surface area contributed by atoms with Gasteiger partial charge in [0.1, 0.15) is 7.05 Å². The molecule has 31 heavy (non-hydrogen) atoms. The van der Waals surface area contributed by atoms with Gasteiger partial charge in [-0.2, -0.15) is 0 Å². The lowest BCUT2D eigenvalue weighted by Gasteiger charge is -2.08. The lowest BCUT2D eigenvalue weighted by atomic mass is 9.98. The third-order valence-corrected chi connectivity index (χ3v) is 5.77. The maximum atomic E-state index is 8.20. The quantitative estimate of drug-likeness (QED) is 0.310. The highest BCUT2D eigenvalue weighted by atomic mass is 16.3. The van der Waals surface area contributed by atoms with Crippen LogP contribution in [0.2, 0.25) is 0 Å². The third-order valence-electron chi connectivity index (χ3n) is 5.77. The molecule has 3 heteroatoms. The smallest absolute Gasteiger partial charge is 0.227 e. The molecule has 0 spiro atoms. The molecule has 5 rings (SSSR count). The molecule has 0 aliphatic rings. The Morgan fingerprint density at radius 3 is 2.61 bits per heavy atom. The number of aromatic nitrogens is 2. The monoisotopic (exact) mass is 411 g/mol. The number of hydrogen-bond acceptors (Lipinski definition) is 2. The second-order valence-electron chi connectivity index (χ2n) is 8.16. The van der Waals surface area contributed by atoms with Crippen LogP contribution in [0.3, 0.4) is 0 Å². The van der Waals surface area contributed by atoms with E-state index in [0.717, 1.165) is 49.9 Å². The van der Waals surface area contributed by atoms with Crippen LogP contribution in [0.1, 0.15) is 30.4 Å². The molecule has 0 aliphatic heterocycles. The molecule has 0 N–H and O–H groups in total. The number of fused-ring (bicyclic) bond motifs is 3. The topological polar surface area (TPSA) is 29.9 Å². The molecule has 0 bridgehead atoms. The molecule has 3 aromatic heterocycles. The zero-order valence-electron chi connectivity index (χ0n) is 21.9. The van der Waals surface area contributed by atoms with Gasteiger partial charge >= 0.3 is 0 Å². The van der Waals surface area contributed by atoms with Crippen molar-refractivity contribution < 1.29 is 14.5 Å². The number of pyridine rings is 2. The molecular weight excluding hydrogens is 380 g/mol. The summed E-state index contributed by atoms with van der Waals surface area (Å²) in [7, 11) is 2.02. The summed E-state index contributed by atoms with van der Waals surface area (Å²) >= 11 is 0. The van der Waals surface area contributed by atoms with Crippen LogP contribution < -0.4 is 4.57 Å². The van der Waals surface area contributed by atoms with E-state index >= 15 is 0 Å². The zero-order valence-corrected chi connectivity index (χ0v) is 17.9. The van der Waals surface area contributed by atoms with Crippen molar-refractivity contribution in [2.75, 3.05) is 0 Å². The van der Waals surface area contributed by atoms with E-state index in [1.807, 2.05) is 43.4 Å². The van der Waals surface area contributed by atoms with Crippen molar-refractivity contribution in [3.05, 3.63) is 84.2 Å². The van der Waals surface area contributed by atoms with E-state index in [1.165, 1.54) is 6.92 Å². The first kappa shape index (κ1) is 15.4. The van der Waals surface area contributed by atoms with Crippen molar-refractivity contribution in [1.82, 2.24) is 4.98 Å². The van der Waals surface area contributed by atoms with Gasteiger partial charge in [-0.1, -0.05) is 50.2 Å². The molecule has 0 aliphatic carbocycles. The minimum absolute atomic E-state index is 0.173. The van der Waals surface area contributed by atoms with Gasteiger partial charge in [0.05, 0.1) is 5.56 Å². The van der Waals surface area contributed by atoms with Crippen molar-refractivity contribution >= 4 is 22.1 Å². The fourth-order valence-corrected chi connectivity index (χ4v) is 4.25. The van der Waals surface area contributed by atoms with E-state index in [9.17, 15) is 0 Å². The van der Waals surface area contributed by atoms with E-state index in [1.54, 1.807) is 6.20 Å². The van der Waals surface area contributed by atoms with Crippen LogP contribution in [0.25, 0.3) is 44.5 Å². The molecule has 1 unspecified atom stereocenters. The van der Waals surface area contributed by atoms with Crippen LogP contribution in [0, 0.1) is 12.8 Å². The van der Waals surface area contributed by atoms with Gasteiger partial charge in [-0.3, -0.25) is 0 Å². The van der Waals surface area contributed by atoms with Crippen molar-refractivity contribution in [2.24, 2.45) is 12.9 Å². The normalized spacial score (nSPS) is 15.8. The van der Waals surface area contributed by atoms with Gasteiger partial charge in [-0.05, 0) is 54.1 Å². The average Bonchev–Trinajstić information content (AvgIpc) is 3.17. The first-order valence-electron chi connectivity index (χ1n) is 12.4. The Balaban J connectivity index is 1.50. The number of furan rings is 1. The van der Waals surface area contributed by atoms with Crippen LogP contribution >= 0.6 is 0 Å². The molecule has 5 aromatic rings. The highest BCUT2D eigenvalue weighted by Crippen LogP contribution is 2.36. The van der Waals surface area contributed by atoms with Gasteiger partial charge in [-0.15, -0.1) is 0 Å². The molecule has 0 saturated heterocycles. The predicted octanol–water partition coefficient (Wildman–Crippen LogP) is 6.65. The first-order chi connectivity index (χ1) is 16.5. The van der Waals surface area contributed by atoms with Gasteiger partial charge in [0.25, 0.3) is 0 Å². The Hall–Kier alpha value is -3.46. The van der Waals surface area contributed by atoms with Gasteiger partial charge in [0.15, 0.2) is 11.8 Å². The Kier molecular flexibility index (Phi) is 3.79. The number of nitrogens with zero attached hydrogens (tertiary/aromatic N) is 2. The van der Waals surface area contributed by atoms with E-state index in [-0.39, 0.29) is 6.42 Å². The van der Waals surface area contributed by atoms with E-state index in [0.29, 0.717) is 5.71 Å². The van der Waals surface area contributed by atoms with Crippen molar-refractivity contribution in [2.45, 2.75) is 27.1 Å². The van der Waals surface area contributed by atoms with Crippen LogP contribution in [-0.2, 0) is 13.5 Å². The summed E-state index contributed by atoms with van der Waals surface area (Å²) < 4.78 is 39.3. The Morgan fingerprint density at radius 2 is 1.84 bits per heavy atom. The Labute approximate surface area is 188 Å². The number of aryl methyl sites for hydroxylation is 2. The molecule has 2 aromatic carbocycles. The second kappa shape index (κ2) is 7.66. The molecule has 154 valence electrons. The third kappa shape index (κ3) is 3.50. The minimum atomic E-state index is -2.33. The summed E-state index contributed by atoms with van der Waals surface area (Å²) in [6, 6.07) is 20.1. The molecule has 0 fully saturated rings. The highest BCUT2D eigenvalue weighted by Gasteiger charge is 2.21. The van der Waals surface area contributed by atoms with Gasteiger partial charge < -0.3 is 4.42 Å². The lowest BCUT2D eigenvalue weighted by molar-refractivity contribution is -0.659. The van der Waals surface area contributed by atoms with Gasteiger partial charge in [0.2, 0.25) is 11.4 Å². The standard InChI is InChI=1S/C28H27N2O/c1-18(2)16-20-8-10-21(11-9-20)22-12-14-25(30(4)17-22)26-19(3)7-13-23-24-6-5-15-29-28(24)31-27(23)26/h5-15,17-18H,16H2,1-4H3/q+1/i1D3,18D. The van der Waals surface area contributed by atoms with Crippen molar-refractivity contribution in [3.8, 4) is 22.4 Å². The van der Waals surface area contributed by atoms with Gasteiger partial charge in [0, 0.05) is 34.1 Å². The fourth-order valence-electron chi connectivity index (χ4n) is 4.25.